The summed E-state index contributed by atoms with van der Waals surface area (Å²) in [5.41, 5.74) is 0. The molecule has 66 valence electrons. The van der Waals surface area contributed by atoms with Gasteiger partial charge in [-0.05, 0) is 18.8 Å². The zero-order valence-corrected chi connectivity index (χ0v) is 7.58. The first-order valence-electron chi connectivity index (χ1n) is 4.48. The van der Waals surface area contributed by atoms with E-state index in [1.807, 2.05) is 6.92 Å². The highest BCUT2D eigenvalue weighted by molar-refractivity contribution is 4.75. The summed E-state index contributed by atoms with van der Waals surface area (Å²) < 4.78 is 5.42. The van der Waals surface area contributed by atoms with Gasteiger partial charge < -0.3 is 9.84 Å². The Balaban J connectivity index is 2.48. The van der Waals surface area contributed by atoms with E-state index in [2.05, 4.69) is 13.8 Å². The lowest BCUT2D eigenvalue weighted by Crippen LogP contribution is -2.38. The molecule has 2 heteroatoms. The Morgan fingerprint density at radius 2 is 2.00 bits per heavy atom. The second kappa shape index (κ2) is 3.55. The van der Waals surface area contributed by atoms with Crippen molar-refractivity contribution in [2.45, 2.75) is 46.0 Å². The van der Waals surface area contributed by atoms with Crippen LogP contribution in [0.5, 0.6) is 0 Å². The van der Waals surface area contributed by atoms with Gasteiger partial charge in [0.15, 0.2) is 6.29 Å². The van der Waals surface area contributed by atoms with E-state index >= 15 is 0 Å². The largest absolute Gasteiger partial charge is 0.368 e. The van der Waals surface area contributed by atoms with E-state index in [4.69, 9.17) is 4.74 Å². The number of hydrogen-bond acceptors (Lipinski definition) is 2. The summed E-state index contributed by atoms with van der Waals surface area (Å²) in [7, 11) is 0. The van der Waals surface area contributed by atoms with Gasteiger partial charge in [-0.15, -0.1) is 0 Å². The molecule has 1 saturated heterocycles. The number of aliphatic hydroxyl groups is 1. The first-order chi connectivity index (χ1) is 5.15. The van der Waals surface area contributed by atoms with E-state index in [0.717, 1.165) is 12.8 Å². The fraction of sp³-hybridized carbons (Fsp3) is 1.00. The zero-order chi connectivity index (χ0) is 8.43. The van der Waals surface area contributed by atoms with E-state index < -0.39 is 6.29 Å². The molecular formula is C9H18O2. The van der Waals surface area contributed by atoms with Crippen molar-refractivity contribution in [3.63, 3.8) is 0 Å². The van der Waals surface area contributed by atoms with Gasteiger partial charge in [0.1, 0.15) is 0 Å². The van der Waals surface area contributed by atoms with E-state index in [0.29, 0.717) is 11.8 Å². The Morgan fingerprint density at radius 3 is 2.55 bits per heavy atom. The number of hydrogen-bond donors (Lipinski definition) is 1. The van der Waals surface area contributed by atoms with Gasteiger partial charge in [0.25, 0.3) is 0 Å². The fourth-order valence-electron chi connectivity index (χ4n) is 1.80. The van der Waals surface area contributed by atoms with E-state index in [1.54, 1.807) is 0 Å². The average Bonchev–Trinajstić information content (AvgIpc) is 1.97. The van der Waals surface area contributed by atoms with Crippen molar-refractivity contribution >= 4 is 0 Å². The molecule has 0 aromatic carbocycles. The van der Waals surface area contributed by atoms with Crippen LogP contribution in [0.4, 0.5) is 0 Å². The fourth-order valence-corrected chi connectivity index (χ4v) is 1.80. The molecule has 0 bridgehead atoms. The minimum absolute atomic E-state index is 0.265. The number of ether oxygens (including phenoxy) is 1. The molecule has 1 fully saturated rings. The standard InChI is InChI=1S/C9H18O2/c1-4-8-6(2)5-7(3)9(10)11-8/h6-10H,4-5H2,1-3H3/t6-,7-,8?,9-/m0/s1. The van der Waals surface area contributed by atoms with Crippen LogP contribution in [0.25, 0.3) is 0 Å². The molecule has 0 amide bonds. The van der Waals surface area contributed by atoms with Crippen LogP contribution in [0, 0.1) is 11.8 Å². The molecule has 0 spiro atoms. The summed E-state index contributed by atoms with van der Waals surface area (Å²) in [6.07, 6.45) is 1.82. The average molecular weight is 158 g/mol. The van der Waals surface area contributed by atoms with Gasteiger partial charge >= 0.3 is 0 Å². The molecule has 1 unspecified atom stereocenters. The quantitative estimate of drug-likeness (QED) is 0.630. The van der Waals surface area contributed by atoms with Crippen LogP contribution in [0.15, 0.2) is 0 Å². The third-order valence-electron chi connectivity index (χ3n) is 2.58. The summed E-state index contributed by atoms with van der Waals surface area (Å²) in [6, 6.07) is 0. The lowest BCUT2D eigenvalue weighted by Gasteiger charge is -2.35. The van der Waals surface area contributed by atoms with Gasteiger partial charge in [-0.2, -0.15) is 0 Å². The molecule has 0 saturated carbocycles. The molecule has 0 aliphatic carbocycles. The molecule has 0 radical (unpaired) electrons. The van der Waals surface area contributed by atoms with Crippen LogP contribution in [0.1, 0.15) is 33.6 Å². The van der Waals surface area contributed by atoms with Gasteiger partial charge in [0.2, 0.25) is 0 Å². The maximum Gasteiger partial charge on any atom is 0.157 e. The molecule has 1 N–H and O–H groups in total. The highest BCUT2D eigenvalue weighted by atomic mass is 16.6. The summed E-state index contributed by atoms with van der Waals surface area (Å²) in [4.78, 5) is 0. The normalized spacial score (nSPS) is 45.8. The number of aliphatic hydroxyl groups excluding tert-OH is 1. The molecule has 4 atom stereocenters. The molecule has 1 aliphatic heterocycles. The highest BCUT2D eigenvalue weighted by Gasteiger charge is 2.30. The monoisotopic (exact) mass is 158 g/mol. The molecule has 1 aliphatic rings. The molecule has 11 heavy (non-hydrogen) atoms. The Morgan fingerprint density at radius 1 is 1.36 bits per heavy atom. The van der Waals surface area contributed by atoms with Gasteiger partial charge in [-0.1, -0.05) is 20.8 Å². The van der Waals surface area contributed by atoms with Gasteiger partial charge in [0, 0.05) is 5.92 Å². The molecule has 2 nitrogen and oxygen atoms in total. The molecular weight excluding hydrogens is 140 g/mol. The van der Waals surface area contributed by atoms with Crippen molar-refractivity contribution in [3.05, 3.63) is 0 Å². The maximum atomic E-state index is 9.37. The minimum Gasteiger partial charge on any atom is -0.368 e. The molecule has 1 heterocycles. The topological polar surface area (TPSA) is 29.5 Å². The van der Waals surface area contributed by atoms with Crippen LogP contribution < -0.4 is 0 Å². The first kappa shape index (κ1) is 9.01. The SMILES string of the molecule is CCC1O[C@H](O)[C@@H](C)C[C@@H]1C. The Bertz CT molecular complexity index is 125. The van der Waals surface area contributed by atoms with Crippen LogP contribution in [0.2, 0.25) is 0 Å². The van der Waals surface area contributed by atoms with E-state index in [9.17, 15) is 5.11 Å². The summed E-state index contributed by atoms with van der Waals surface area (Å²) in [5.74, 6) is 0.895. The first-order valence-corrected chi connectivity index (χ1v) is 4.48. The van der Waals surface area contributed by atoms with Crippen LogP contribution >= 0.6 is 0 Å². The molecule has 1 rings (SSSR count). The second-order valence-corrected chi connectivity index (χ2v) is 3.66. The van der Waals surface area contributed by atoms with Crippen molar-refractivity contribution in [3.8, 4) is 0 Å². The predicted octanol–water partition coefficient (Wildman–Crippen LogP) is 1.78. The lowest BCUT2D eigenvalue weighted by atomic mass is 9.88. The smallest absolute Gasteiger partial charge is 0.157 e. The third kappa shape index (κ3) is 1.94. The van der Waals surface area contributed by atoms with Crippen molar-refractivity contribution in [1.29, 1.82) is 0 Å². The van der Waals surface area contributed by atoms with Crippen LogP contribution in [-0.2, 0) is 4.74 Å². The van der Waals surface area contributed by atoms with Crippen molar-refractivity contribution in [1.82, 2.24) is 0 Å². The van der Waals surface area contributed by atoms with Gasteiger partial charge in [-0.25, -0.2) is 0 Å². The highest BCUT2D eigenvalue weighted by Crippen LogP contribution is 2.29. The lowest BCUT2D eigenvalue weighted by molar-refractivity contribution is -0.206. The summed E-state index contributed by atoms with van der Waals surface area (Å²) in [5, 5.41) is 9.37. The molecule has 0 aromatic heterocycles. The minimum atomic E-state index is -0.531. The zero-order valence-electron chi connectivity index (χ0n) is 7.58. The van der Waals surface area contributed by atoms with Gasteiger partial charge in [-0.3, -0.25) is 0 Å². The van der Waals surface area contributed by atoms with Crippen molar-refractivity contribution < 1.29 is 9.84 Å². The van der Waals surface area contributed by atoms with Crippen molar-refractivity contribution in [2.75, 3.05) is 0 Å². The molecule has 0 aromatic rings. The van der Waals surface area contributed by atoms with E-state index in [1.165, 1.54) is 0 Å². The Labute approximate surface area is 68.6 Å². The Hall–Kier alpha value is -0.0800. The van der Waals surface area contributed by atoms with Crippen LogP contribution in [-0.4, -0.2) is 17.5 Å². The Kier molecular flexibility index (Phi) is 2.90. The summed E-state index contributed by atoms with van der Waals surface area (Å²) in [6.45, 7) is 6.33. The summed E-state index contributed by atoms with van der Waals surface area (Å²) >= 11 is 0. The predicted molar refractivity (Wildman–Crippen MR) is 44.1 cm³/mol. The van der Waals surface area contributed by atoms with Gasteiger partial charge in [0.05, 0.1) is 6.10 Å². The number of rotatable bonds is 1. The van der Waals surface area contributed by atoms with E-state index in [-0.39, 0.29) is 6.10 Å². The maximum absolute atomic E-state index is 9.37. The second-order valence-electron chi connectivity index (χ2n) is 3.66. The van der Waals surface area contributed by atoms with Crippen molar-refractivity contribution in [2.24, 2.45) is 11.8 Å². The third-order valence-corrected chi connectivity index (χ3v) is 2.58. The van der Waals surface area contributed by atoms with Crippen LogP contribution in [0.3, 0.4) is 0 Å².